The van der Waals surface area contributed by atoms with Gasteiger partial charge in [-0.05, 0) is 45.7 Å². The summed E-state index contributed by atoms with van der Waals surface area (Å²) in [6.45, 7) is 5.96. The van der Waals surface area contributed by atoms with Crippen molar-refractivity contribution in [2.75, 3.05) is 26.2 Å². The lowest BCUT2D eigenvalue weighted by Crippen LogP contribution is -2.42. The SMILES string of the molecule is CC1(O)CCN(CCCCN)CC1. The Hall–Kier alpha value is -0.120. The lowest BCUT2D eigenvalue weighted by Gasteiger charge is -2.35. The fourth-order valence-electron chi connectivity index (χ4n) is 1.74. The molecular weight excluding hydrogens is 164 g/mol. The zero-order valence-electron chi connectivity index (χ0n) is 8.63. The average Bonchev–Trinajstić information content (AvgIpc) is 2.08. The first-order chi connectivity index (χ1) is 6.14. The molecule has 1 aliphatic heterocycles. The van der Waals surface area contributed by atoms with Crippen LogP contribution in [0.5, 0.6) is 0 Å². The molecule has 1 saturated heterocycles. The lowest BCUT2D eigenvalue weighted by atomic mass is 9.94. The topological polar surface area (TPSA) is 49.5 Å². The van der Waals surface area contributed by atoms with Crippen LogP contribution in [-0.4, -0.2) is 41.8 Å². The second kappa shape index (κ2) is 4.94. The molecule has 0 radical (unpaired) electrons. The standard InChI is InChI=1S/C10H22N2O/c1-10(13)4-8-12(9-5-10)7-3-2-6-11/h13H,2-9,11H2,1H3. The van der Waals surface area contributed by atoms with Gasteiger partial charge in [-0.15, -0.1) is 0 Å². The van der Waals surface area contributed by atoms with E-state index in [1.54, 1.807) is 0 Å². The number of likely N-dealkylation sites (tertiary alicyclic amines) is 1. The van der Waals surface area contributed by atoms with Crippen molar-refractivity contribution in [1.29, 1.82) is 0 Å². The number of hydrogen-bond acceptors (Lipinski definition) is 3. The maximum Gasteiger partial charge on any atom is 0.0644 e. The lowest BCUT2D eigenvalue weighted by molar-refractivity contribution is -0.00548. The largest absolute Gasteiger partial charge is 0.390 e. The fourth-order valence-corrected chi connectivity index (χ4v) is 1.74. The summed E-state index contributed by atoms with van der Waals surface area (Å²) in [6, 6.07) is 0. The number of rotatable bonds is 4. The highest BCUT2D eigenvalue weighted by Gasteiger charge is 2.26. The number of unbranched alkanes of at least 4 members (excludes halogenated alkanes) is 1. The van der Waals surface area contributed by atoms with Crippen LogP contribution in [0.15, 0.2) is 0 Å². The van der Waals surface area contributed by atoms with Crippen molar-refractivity contribution in [3.8, 4) is 0 Å². The number of nitrogens with zero attached hydrogens (tertiary/aromatic N) is 1. The summed E-state index contributed by atoms with van der Waals surface area (Å²) < 4.78 is 0. The minimum atomic E-state index is -0.412. The van der Waals surface area contributed by atoms with Crippen LogP contribution in [0.2, 0.25) is 0 Å². The summed E-state index contributed by atoms with van der Waals surface area (Å²) in [4.78, 5) is 2.42. The van der Waals surface area contributed by atoms with Crippen molar-refractivity contribution >= 4 is 0 Å². The molecule has 0 spiro atoms. The van der Waals surface area contributed by atoms with Gasteiger partial charge >= 0.3 is 0 Å². The quantitative estimate of drug-likeness (QED) is 0.631. The van der Waals surface area contributed by atoms with Gasteiger partial charge in [-0.3, -0.25) is 0 Å². The normalized spacial score (nSPS) is 23.3. The fraction of sp³-hybridized carbons (Fsp3) is 1.00. The van der Waals surface area contributed by atoms with E-state index in [1.807, 2.05) is 6.92 Å². The second-order valence-corrected chi connectivity index (χ2v) is 4.33. The minimum Gasteiger partial charge on any atom is -0.390 e. The van der Waals surface area contributed by atoms with Gasteiger partial charge in [-0.2, -0.15) is 0 Å². The van der Waals surface area contributed by atoms with Gasteiger partial charge in [0.1, 0.15) is 0 Å². The maximum atomic E-state index is 9.72. The molecule has 1 heterocycles. The summed E-state index contributed by atoms with van der Waals surface area (Å²) in [5.74, 6) is 0. The molecule has 78 valence electrons. The molecule has 1 aliphatic rings. The van der Waals surface area contributed by atoms with Crippen molar-refractivity contribution in [3.05, 3.63) is 0 Å². The van der Waals surface area contributed by atoms with E-state index in [9.17, 15) is 5.11 Å². The Bertz CT molecular complexity index is 138. The highest BCUT2D eigenvalue weighted by molar-refractivity contribution is 4.81. The van der Waals surface area contributed by atoms with Crippen LogP contribution in [0.4, 0.5) is 0 Å². The highest BCUT2D eigenvalue weighted by atomic mass is 16.3. The van der Waals surface area contributed by atoms with Crippen molar-refractivity contribution in [1.82, 2.24) is 4.90 Å². The van der Waals surface area contributed by atoms with Crippen LogP contribution in [0.25, 0.3) is 0 Å². The first-order valence-corrected chi connectivity index (χ1v) is 5.29. The molecule has 3 N–H and O–H groups in total. The van der Waals surface area contributed by atoms with Crippen molar-refractivity contribution in [3.63, 3.8) is 0 Å². The van der Waals surface area contributed by atoms with E-state index < -0.39 is 5.60 Å². The van der Waals surface area contributed by atoms with Gasteiger partial charge in [0.05, 0.1) is 5.60 Å². The number of hydrogen-bond donors (Lipinski definition) is 2. The van der Waals surface area contributed by atoms with E-state index in [0.29, 0.717) is 0 Å². The molecule has 13 heavy (non-hydrogen) atoms. The Kier molecular flexibility index (Phi) is 4.16. The van der Waals surface area contributed by atoms with E-state index in [-0.39, 0.29) is 0 Å². The molecule has 0 aliphatic carbocycles. The smallest absolute Gasteiger partial charge is 0.0644 e. The molecule has 0 aromatic heterocycles. The van der Waals surface area contributed by atoms with E-state index in [2.05, 4.69) is 4.90 Å². The van der Waals surface area contributed by atoms with Crippen LogP contribution in [0.3, 0.4) is 0 Å². The van der Waals surface area contributed by atoms with E-state index >= 15 is 0 Å². The molecule has 0 aromatic rings. The van der Waals surface area contributed by atoms with Crippen LogP contribution in [-0.2, 0) is 0 Å². The molecular formula is C10H22N2O. The highest BCUT2D eigenvalue weighted by Crippen LogP contribution is 2.20. The summed E-state index contributed by atoms with van der Waals surface area (Å²) in [5, 5.41) is 9.72. The van der Waals surface area contributed by atoms with Crippen molar-refractivity contribution < 1.29 is 5.11 Å². The summed E-state index contributed by atoms with van der Waals surface area (Å²) >= 11 is 0. The summed E-state index contributed by atoms with van der Waals surface area (Å²) in [7, 11) is 0. The van der Waals surface area contributed by atoms with Gasteiger partial charge in [0.2, 0.25) is 0 Å². The number of piperidine rings is 1. The van der Waals surface area contributed by atoms with Gasteiger partial charge in [-0.25, -0.2) is 0 Å². The van der Waals surface area contributed by atoms with E-state index in [4.69, 9.17) is 5.73 Å². The Balaban J connectivity index is 2.11. The number of aliphatic hydroxyl groups is 1. The summed E-state index contributed by atoms with van der Waals surface area (Å²) in [5.41, 5.74) is 5.02. The molecule has 1 fully saturated rings. The molecule has 0 aromatic carbocycles. The van der Waals surface area contributed by atoms with E-state index in [1.165, 1.54) is 6.42 Å². The number of nitrogens with two attached hydrogens (primary N) is 1. The van der Waals surface area contributed by atoms with Crippen LogP contribution in [0, 0.1) is 0 Å². The third-order valence-corrected chi connectivity index (χ3v) is 2.86. The Morgan fingerprint density at radius 1 is 1.31 bits per heavy atom. The molecule has 0 unspecified atom stereocenters. The Labute approximate surface area is 80.9 Å². The predicted molar refractivity (Wildman–Crippen MR) is 54.6 cm³/mol. The zero-order chi connectivity index (χ0) is 9.73. The van der Waals surface area contributed by atoms with Crippen LogP contribution < -0.4 is 5.73 Å². The van der Waals surface area contributed by atoms with Gasteiger partial charge in [0, 0.05) is 13.1 Å². The van der Waals surface area contributed by atoms with Crippen molar-refractivity contribution in [2.24, 2.45) is 5.73 Å². The average molecular weight is 186 g/mol. The zero-order valence-corrected chi connectivity index (χ0v) is 8.63. The minimum absolute atomic E-state index is 0.412. The van der Waals surface area contributed by atoms with E-state index in [0.717, 1.165) is 45.4 Å². The molecule has 0 amide bonds. The molecule has 0 saturated carbocycles. The Morgan fingerprint density at radius 2 is 1.92 bits per heavy atom. The van der Waals surface area contributed by atoms with Crippen LogP contribution in [0.1, 0.15) is 32.6 Å². The first-order valence-electron chi connectivity index (χ1n) is 5.29. The molecule has 0 bridgehead atoms. The second-order valence-electron chi connectivity index (χ2n) is 4.33. The van der Waals surface area contributed by atoms with Crippen LogP contribution >= 0.6 is 0 Å². The third-order valence-electron chi connectivity index (χ3n) is 2.86. The van der Waals surface area contributed by atoms with Gasteiger partial charge in [-0.1, -0.05) is 0 Å². The monoisotopic (exact) mass is 186 g/mol. The maximum absolute atomic E-state index is 9.72. The first kappa shape index (κ1) is 11.0. The third kappa shape index (κ3) is 4.07. The van der Waals surface area contributed by atoms with Gasteiger partial charge in [0.15, 0.2) is 0 Å². The molecule has 3 nitrogen and oxygen atoms in total. The molecule has 0 atom stereocenters. The van der Waals surface area contributed by atoms with Gasteiger partial charge in [0.25, 0.3) is 0 Å². The Morgan fingerprint density at radius 3 is 2.46 bits per heavy atom. The molecule has 1 rings (SSSR count). The predicted octanol–water partition coefficient (Wildman–Crippen LogP) is 0.572. The molecule has 3 heteroatoms. The van der Waals surface area contributed by atoms with Crippen molar-refractivity contribution in [2.45, 2.75) is 38.2 Å². The van der Waals surface area contributed by atoms with Gasteiger partial charge < -0.3 is 15.7 Å². The summed E-state index contributed by atoms with van der Waals surface area (Å²) in [6.07, 6.45) is 4.14.